The predicted octanol–water partition coefficient (Wildman–Crippen LogP) is 2.68. The summed E-state index contributed by atoms with van der Waals surface area (Å²) in [6.45, 7) is 7.45. The molecule has 12 heavy (non-hydrogen) atoms. The lowest BCUT2D eigenvalue weighted by Crippen LogP contribution is -2.21. The van der Waals surface area contributed by atoms with Gasteiger partial charge in [0.2, 0.25) is 0 Å². The summed E-state index contributed by atoms with van der Waals surface area (Å²) in [5.74, 6) is 0. The van der Waals surface area contributed by atoms with E-state index in [9.17, 15) is 0 Å². The molecule has 1 rings (SSSR count). The van der Waals surface area contributed by atoms with Crippen molar-refractivity contribution in [2.24, 2.45) is 5.73 Å². The van der Waals surface area contributed by atoms with Crippen molar-refractivity contribution in [3.63, 3.8) is 0 Å². The van der Waals surface area contributed by atoms with Gasteiger partial charge in [0.25, 0.3) is 0 Å². The molecule has 1 aromatic heterocycles. The molecule has 0 fully saturated rings. The number of rotatable bonds is 3. The van der Waals surface area contributed by atoms with Crippen LogP contribution < -0.4 is 5.73 Å². The molecule has 0 amide bonds. The molecular weight excluding hydrogens is 166 g/mol. The molecule has 0 aliphatic rings. The average molecular weight is 183 g/mol. The average Bonchev–Trinajstić information content (AvgIpc) is 2.35. The molecule has 1 heterocycles. The highest BCUT2D eigenvalue weighted by Gasteiger charge is 2.21. The minimum Gasteiger partial charge on any atom is -0.330 e. The Labute approximate surface area is 78.6 Å². The van der Waals surface area contributed by atoms with E-state index >= 15 is 0 Å². The van der Waals surface area contributed by atoms with Gasteiger partial charge in [-0.2, -0.15) is 11.3 Å². The van der Waals surface area contributed by atoms with Gasteiger partial charge in [0.05, 0.1) is 0 Å². The molecule has 0 saturated heterocycles. The van der Waals surface area contributed by atoms with Gasteiger partial charge in [0, 0.05) is 0 Å². The summed E-state index contributed by atoms with van der Waals surface area (Å²) in [5.41, 5.74) is 8.68. The molecule has 0 unspecified atom stereocenters. The van der Waals surface area contributed by atoms with E-state index in [1.54, 1.807) is 11.3 Å². The first-order chi connectivity index (χ1) is 5.58. The second kappa shape index (κ2) is 3.58. The quantitative estimate of drug-likeness (QED) is 0.766. The summed E-state index contributed by atoms with van der Waals surface area (Å²) in [6.07, 6.45) is 1.06. The summed E-state index contributed by atoms with van der Waals surface area (Å²) in [4.78, 5) is 0. The molecule has 0 aliphatic heterocycles. The van der Waals surface area contributed by atoms with Crippen LogP contribution in [0, 0.1) is 6.92 Å². The summed E-state index contributed by atoms with van der Waals surface area (Å²) in [7, 11) is 0. The molecule has 0 bridgehead atoms. The Morgan fingerprint density at radius 2 is 2.08 bits per heavy atom. The highest BCUT2D eigenvalue weighted by Crippen LogP contribution is 2.31. The van der Waals surface area contributed by atoms with Crippen molar-refractivity contribution in [3.05, 3.63) is 21.9 Å². The first-order valence-corrected chi connectivity index (χ1v) is 5.25. The molecule has 0 spiro atoms. The first-order valence-electron chi connectivity index (χ1n) is 4.31. The standard InChI is InChI=1S/C10H17NS/c1-8-6-12-7-9(8)10(2,3)4-5-11/h6-7H,4-5,11H2,1-3H3. The smallest absolute Gasteiger partial charge is 0.00530 e. The van der Waals surface area contributed by atoms with E-state index in [0.29, 0.717) is 0 Å². The van der Waals surface area contributed by atoms with Gasteiger partial charge in [-0.25, -0.2) is 0 Å². The summed E-state index contributed by atoms with van der Waals surface area (Å²) >= 11 is 1.78. The van der Waals surface area contributed by atoms with Crippen LogP contribution >= 0.6 is 11.3 Å². The van der Waals surface area contributed by atoms with Crippen molar-refractivity contribution >= 4 is 11.3 Å². The lowest BCUT2D eigenvalue weighted by atomic mass is 9.81. The van der Waals surface area contributed by atoms with E-state index in [-0.39, 0.29) is 5.41 Å². The molecular formula is C10H17NS. The van der Waals surface area contributed by atoms with Crippen molar-refractivity contribution in [2.45, 2.75) is 32.6 Å². The molecule has 68 valence electrons. The van der Waals surface area contributed by atoms with Gasteiger partial charge < -0.3 is 5.73 Å². The van der Waals surface area contributed by atoms with E-state index < -0.39 is 0 Å². The van der Waals surface area contributed by atoms with Gasteiger partial charge in [-0.1, -0.05) is 13.8 Å². The Hall–Kier alpha value is -0.340. The number of hydrogen-bond acceptors (Lipinski definition) is 2. The molecule has 0 saturated carbocycles. The van der Waals surface area contributed by atoms with Crippen LogP contribution in [0.5, 0.6) is 0 Å². The third kappa shape index (κ3) is 1.87. The van der Waals surface area contributed by atoms with Gasteiger partial charge in [0.15, 0.2) is 0 Å². The zero-order chi connectivity index (χ0) is 9.19. The minimum absolute atomic E-state index is 0.249. The summed E-state index contributed by atoms with van der Waals surface area (Å²) < 4.78 is 0. The van der Waals surface area contributed by atoms with E-state index in [4.69, 9.17) is 5.73 Å². The minimum atomic E-state index is 0.249. The third-order valence-corrected chi connectivity index (χ3v) is 3.22. The number of thiophene rings is 1. The monoisotopic (exact) mass is 183 g/mol. The van der Waals surface area contributed by atoms with Crippen LogP contribution in [0.1, 0.15) is 31.4 Å². The number of nitrogens with two attached hydrogens (primary N) is 1. The van der Waals surface area contributed by atoms with Crippen molar-refractivity contribution < 1.29 is 0 Å². The topological polar surface area (TPSA) is 26.0 Å². The molecule has 2 N–H and O–H groups in total. The van der Waals surface area contributed by atoms with Crippen LogP contribution in [0.15, 0.2) is 10.8 Å². The van der Waals surface area contributed by atoms with Gasteiger partial charge in [-0.05, 0) is 47.2 Å². The largest absolute Gasteiger partial charge is 0.330 e. The highest BCUT2D eigenvalue weighted by atomic mass is 32.1. The summed E-state index contributed by atoms with van der Waals surface area (Å²) in [6, 6.07) is 0. The fourth-order valence-corrected chi connectivity index (χ4v) is 2.59. The normalized spacial score (nSPS) is 12.0. The Balaban J connectivity index is 2.88. The van der Waals surface area contributed by atoms with Crippen molar-refractivity contribution in [2.75, 3.05) is 6.54 Å². The Kier molecular flexibility index (Phi) is 2.91. The number of hydrogen-bond donors (Lipinski definition) is 1. The van der Waals surface area contributed by atoms with E-state index in [1.165, 1.54) is 11.1 Å². The summed E-state index contributed by atoms with van der Waals surface area (Å²) in [5, 5.41) is 4.44. The van der Waals surface area contributed by atoms with Gasteiger partial charge in [0.1, 0.15) is 0 Å². The van der Waals surface area contributed by atoms with E-state index in [1.807, 2.05) is 0 Å². The second-order valence-corrected chi connectivity index (χ2v) is 4.63. The fraction of sp³-hybridized carbons (Fsp3) is 0.600. The second-order valence-electron chi connectivity index (χ2n) is 3.89. The van der Waals surface area contributed by atoms with Crippen molar-refractivity contribution in [1.82, 2.24) is 0 Å². The van der Waals surface area contributed by atoms with E-state index in [2.05, 4.69) is 31.5 Å². The van der Waals surface area contributed by atoms with E-state index in [0.717, 1.165) is 13.0 Å². The Morgan fingerprint density at radius 3 is 2.50 bits per heavy atom. The van der Waals surface area contributed by atoms with Crippen LogP contribution in [0.4, 0.5) is 0 Å². The van der Waals surface area contributed by atoms with Crippen molar-refractivity contribution in [3.8, 4) is 0 Å². The van der Waals surface area contributed by atoms with Crippen molar-refractivity contribution in [1.29, 1.82) is 0 Å². The zero-order valence-corrected chi connectivity index (χ0v) is 8.87. The van der Waals surface area contributed by atoms with Crippen LogP contribution in [0.2, 0.25) is 0 Å². The Bertz CT molecular complexity index is 250. The van der Waals surface area contributed by atoms with Crippen LogP contribution in [0.25, 0.3) is 0 Å². The maximum Gasteiger partial charge on any atom is -0.00530 e. The Morgan fingerprint density at radius 1 is 1.42 bits per heavy atom. The van der Waals surface area contributed by atoms with Gasteiger partial charge in [-0.15, -0.1) is 0 Å². The van der Waals surface area contributed by atoms with Crippen LogP contribution in [-0.4, -0.2) is 6.54 Å². The maximum atomic E-state index is 5.57. The predicted molar refractivity (Wildman–Crippen MR) is 55.8 cm³/mol. The first kappa shape index (κ1) is 9.75. The molecule has 1 nitrogen and oxygen atoms in total. The molecule has 2 heteroatoms. The fourth-order valence-electron chi connectivity index (χ4n) is 1.55. The van der Waals surface area contributed by atoms with Crippen LogP contribution in [0.3, 0.4) is 0 Å². The maximum absolute atomic E-state index is 5.57. The van der Waals surface area contributed by atoms with Crippen LogP contribution in [-0.2, 0) is 5.41 Å². The lowest BCUT2D eigenvalue weighted by molar-refractivity contribution is 0.487. The third-order valence-electron chi connectivity index (χ3n) is 2.35. The SMILES string of the molecule is Cc1cscc1C(C)(C)CCN. The molecule has 1 aromatic rings. The number of aryl methyl sites for hydroxylation is 1. The molecule has 0 radical (unpaired) electrons. The van der Waals surface area contributed by atoms with Gasteiger partial charge >= 0.3 is 0 Å². The van der Waals surface area contributed by atoms with Gasteiger partial charge in [-0.3, -0.25) is 0 Å². The molecule has 0 aromatic carbocycles. The molecule has 0 aliphatic carbocycles. The zero-order valence-electron chi connectivity index (χ0n) is 8.05. The molecule has 0 atom stereocenters. The highest BCUT2D eigenvalue weighted by molar-refractivity contribution is 7.08. The lowest BCUT2D eigenvalue weighted by Gasteiger charge is -2.24.